The van der Waals surface area contributed by atoms with Gasteiger partial charge in [0.05, 0.1) is 5.56 Å². The molecule has 2 nitrogen and oxygen atoms in total. The predicted octanol–water partition coefficient (Wildman–Crippen LogP) is 6.83. The van der Waals surface area contributed by atoms with Crippen LogP contribution in [0.3, 0.4) is 0 Å². The minimum absolute atomic E-state index is 0. The molecule has 0 N–H and O–H groups in total. The molecule has 0 aliphatic heterocycles. The highest BCUT2D eigenvalue weighted by molar-refractivity contribution is 5.94. The molecule has 2 aromatic rings. The molecule has 2 aromatic carbocycles. The van der Waals surface area contributed by atoms with E-state index >= 15 is 0 Å². The average molecular weight is 396 g/mol. The van der Waals surface area contributed by atoms with Crippen LogP contribution >= 0.6 is 0 Å². The lowest BCUT2D eigenvalue weighted by Crippen LogP contribution is -2.10. The zero-order valence-corrected chi connectivity index (χ0v) is 14.7. The standard InChI is InChI=1S/C8H3F5O.C6H6.C2H6O.C2H6.2CH4/c1-2(14)3-4(9)6(11)8(13)7(12)5(3)10;1-2-4-6-5-3-1;1-3-2;1-2;;/h1H3;1-6H;1-2H3;1-2H3;2*1H4. The molecule has 0 heterocycles. The minimum atomic E-state index is -2.27. The number of Topliss-reactive ketones (excluding diaryl/α,β-unsaturated/α-hetero) is 1. The van der Waals surface area contributed by atoms with Crippen LogP contribution in [0.2, 0.25) is 0 Å². The Morgan fingerprint density at radius 3 is 1.04 bits per heavy atom. The van der Waals surface area contributed by atoms with Gasteiger partial charge in [-0.25, -0.2) is 22.0 Å². The molecule has 0 aliphatic rings. The summed E-state index contributed by atoms with van der Waals surface area (Å²) in [7, 11) is 3.25. The predicted molar refractivity (Wildman–Crippen MR) is 100 cm³/mol. The van der Waals surface area contributed by atoms with Gasteiger partial charge in [0.2, 0.25) is 5.82 Å². The summed E-state index contributed by atoms with van der Waals surface area (Å²) in [6.45, 7) is 4.71. The molecule has 2 rings (SSSR count). The maximum Gasteiger partial charge on any atom is 0.200 e. The molecule has 0 amide bonds. The molecule has 0 unspecified atom stereocenters. The van der Waals surface area contributed by atoms with Crippen molar-refractivity contribution in [3.8, 4) is 0 Å². The van der Waals surface area contributed by atoms with Crippen LogP contribution in [0, 0.1) is 29.1 Å². The lowest BCUT2D eigenvalue weighted by Gasteiger charge is -2.04. The molecule has 0 atom stereocenters. The highest BCUT2D eigenvalue weighted by atomic mass is 19.2. The van der Waals surface area contributed by atoms with Gasteiger partial charge >= 0.3 is 0 Å². The van der Waals surface area contributed by atoms with Gasteiger partial charge in [-0.05, 0) is 6.92 Å². The van der Waals surface area contributed by atoms with E-state index in [1.807, 2.05) is 50.2 Å². The van der Waals surface area contributed by atoms with E-state index in [0.717, 1.165) is 0 Å². The van der Waals surface area contributed by atoms with E-state index in [4.69, 9.17) is 0 Å². The Hall–Kier alpha value is -2.28. The normalized spacial score (nSPS) is 8.07. The molecule has 0 spiro atoms. The van der Waals surface area contributed by atoms with Gasteiger partial charge < -0.3 is 4.74 Å². The van der Waals surface area contributed by atoms with Gasteiger partial charge in [0.25, 0.3) is 0 Å². The van der Waals surface area contributed by atoms with E-state index in [2.05, 4.69) is 4.74 Å². The van der Waals surface area contributed by atoms with Crippen LogP contribution in [0.4, 0.5) is 22.0 Å². The quantitative estimate of drug-likeness (QED) is 0.228. The zero-order valence-electron chi connectivity index (χ0n) is 14.7. The molecule has 0 saturated heterocycles. The summed E-state index contributed by atoms with van der Waals surface area (Å²) in [4.78, 5) is 10.6. The molecule has 0 bridgehead atoms. The average Bonchev–Trinajstić information content (AvgIpc) is 2.62. The largest absolute Gasteiger partial charge is 0.388 e. The van der Waals surface area contributed by atoms with Crippen molar-refractivity contribution in [2.24, 2.45) is 0 Å². The second kappa shape index (κ2) is 18.5. The number of ketones is 1. The first-order chi connectivity index (χ1) is 11.8. The Morgan fingerprint density at radius 2 is 0.852 bits per heavy atom. The first-order valence-electron chi connectivity index (χ1n) is 7.22. The molecule has 7 heteroatoms. The Kier molecular flexibility index (Phi) is 22.2. The van der Waals surface area contributed by atoms with Gasteiger partial charge in [0.15, 0.2) is 29.1 Å². The lowest BCUT2D eigenvalue weighted by molar-refractivity contribution is 0.100. The lowest BCUT2D eigenvalue weighted by atomic mass is 10.1. The van der Waals surface area contributed by atoms with Crippen molar-refractivity contribution in [3.05, 3.63) is 71.0 Å². The minimum Gasteiger partial charge on any atom is -0.388 e. The Morgan fingerprint density at radius 1 is 0.667 bits per heavy atom. The number of methoxy groups -OCH3 is 1. The van der Waals surface area contributed by atoms with Crippen molar-refractivity contribution in [2.45, 2.75) is 35.6 Å². The van der Waals surface area contributed by atoms with E-state index in [9.17, 15) is 26.7 Å². The third kappa shape index (κ3) is 11.1. The SMILES string of the molecule is C.C.CC.CC(=O)c1c(F)c(F)c(F)c(F)c1F.COC.c1ccccc1. The first-order valence-corrected chi connectivity index (χ1v) is 7.22. The summed E-state index contributed by atoms with van der Waals surface area (Å²) in [6.07, 6.45) is 0. The summed E-state index contributed by atoms with van der Waals surface area (Å²) in [6, 6.07) is 12.0. The summed E-state index contributed by atoms with van der Waals surface area (Å²) >= 11 is 0. The van der Waals surface area contributed by atoms with Gasteiger partial charge in [-0.2, -0.15) is 0 Å². The number of hydrogen-bond donors (Lipinski definition) is 0. The third-order valence-corrected chi connectivity index (χ3v) is 2.23. The van der Waals surface area contributed by atoms with Crippen LogP contribution in [-0.2, 0) is 4.74 Å². The topological polar surface area (TPSA) is 26.3 Å². The molecule has 156 valence electrons. The fourth-order valence-corrected chi connectivity index (χ4v) is 1.30. The maximum atomic E-state index is 12.7. The van der Waals surface area contributed by atoms with E-state index in [1.54, 1.807) is 14.2 Å². The smallest absolute Gasteiger partial charge is 0.200 e. The number of rotatable bonds is 1. The number of benzene rings is 2. The Labute approximate surface area is 159 Å². The molecular formula is C20H29F5O2. The van der Waals surface area contributed by atoms with E-state index in [0.29, 0.717) is 6.92 Å². The highest BCUT2D eigenvalue weighted by Gasteiger charge is 2.27. The van der Waals surface area contributed by atoms with Crippen LogP contribution in [0.1, 0.15) is 46.0 Å². The highest BCUT2D eigenvalue weighted by Crippen LogP contribution is 2.22. The van der Waals surface area contributed by atoms with Crippen molar-refractivity contribution in [2.75, 3.05) is 14.2 Å². The second-order valence-corrected chi connectivity index (χ2v) is 4.06. The van der Waals surface area contributed by atoms with Gasteiger partial charge in [0, 0.05) is 14.2 Å². The molecule has 0 saturated carbocycles. The Balaban J connectivity index is -0.000000171. The van der Waals surface area contributed by atoms with Gasteiger partial charge in [-0.1, -0.05) is 65.1 Å². The van der Waals surface area contributed by atoms with Crippen molar-refractivity contribution >= 4 is 5.78 Å². The van der Waals surface area contributed by atoms with Crippen molar-refractivity contribution < 1.29 is 31.5 Å². The summed E-state index contributed by atoms with van der Waals surface area (Å²) in [5.41, 5.74) is -1.42. The summed E-state index contributed by atoms with van der Waals surface area (Å²) in [5.74, 6) is -11.9. The second-order valence-electron chi connectivity index (χ2n) is 4.06. The van der Waals surface area contributed by atoms with E-state index in [1.165, 1.54) is 0 Å². The van der Waals surface area contributed by atoms with E-state index < -0.39 is 40.4 Å². The summed E-state index contributed by atoms with van der Waals surface area (Å²) < 4.78 is 67.0. The Bertz CT molecular complexity index is 576. The first kappa shape index (κ1) is 32.4. The van der Waals surface area contributed by atoms with Crippen LogP contribution in [-0.4, -0.2) is 20.0 Å². The zero-order chi connectivity index (χ0) is 20.0. The summed E-state index contributed by atoms with van der Waals surface area (Å²) in [5, 5.41) is 0. The van der Waals surface area contributed by atoms with Gasteiger partial charge in [-0.3, -0.25) is 4.79 Å². The number of halogens is 5. The molecular weight excluding hydrogens is 367 g/mol. The molecule has 0 aromatic heterocycles. The van der Waals surface area contributed by atoms with Crippen LogP contribution in [0.15, 0.2) is 36.4 Å². The van der Waals surface area contributed by atoms with Crippen molar-refractivity contribution in [1.29, 1.82) is 0 Å². The van der Waals surface area contributed by atoms with E-state index in [-0.39, 0.29) is 14.9 Å². The number of carbonyl (C=O) groups is 1. The number of hydrogen-bond acceptors (Lipinski definition) is 2. The molecule has 0 fully saturated rings. The van der Waals surface area contributed by atoms with Crippen molar-refractivity contribution in [3.63, 3.8) is 0 Å². The monoisotopic (exact) mass is 396 g/mol. The number of carbonyl (C=O) groups excluding carboxylic acids is 1. The molecule has 27 heavy (non-hydrogen) atoms. The van der Waals surface area contributed by atoms with Crippen LogP contribution < -0.4 is 0 Å². The number of ether oxygens (including phenoxy) is 1. The maximum absolute atomic E-state index is 12.7. The van der Waals surface area contributed by atoms with Crippen molar-refractivity contribution in [1.82, 2.24) is 0 Å². The molecule has 0 radical (unpaired) electrons. The fraction of sp³-hybridized carbons (Fsp3) is 0.350. The molecule has 0 aliphatic carbocycles. The fourth-order valence-electron chi connectivity index (χ4n) is 1.30. The third-order valence-electron chi connectivity index (χ3n) is 2.23. The van der Waals surface area contributed by atoms with Gasteiger partial charge in [-0.15, -0.1) is 0 Å². The van der Waals surface area contributed by atoms with Crippen LogP contribution in [0.5, 0.6) is 0 Å². The van der Waals surface area contributed by atoms with Crippen LogP contribution in [0.25, 0.3) is 0 Å². The van der Waals surface area contributed by atoms with Gasteiger partial charge in [0.1, 0.15) is 0 Å².